The van der Waals surface area contributed by atoms with Gasteiger partial charge in [0.2, 0.25) is 0 Å². The van der Waals surface area contributed by atoms with Gasteiger partial charge in [-0.1, -0.05) is 22.9 Å². The third-order valence-electron chi connectivity index (χ3n) is 2.81. The van der Waals surface area contributed by atoms with E-state index in [0.29, 0.717) is 12.1 Å². The Morgan fingerprint density at radius 3 is 2.71 bits per heavy atom. The SMILES string of the molecule is CCc1cc(Br)ccc1NS(=O)(=O)c1ccsc1C(=O)O. The molecule has 0 saturated heterocycles. The van der Waals surface area contributed by atoms with Crippen LogP contribution in [0.4, 0.5) is 5.69 Å². The molecule has 0 unspecified atom stereocenters. The molecule has 0 bridgehead atoms. The molecule has 0 fully saturated rings. The lowest BCUT2D eigenvalue weighted by molar-refractivity contribution is 0.0698. The molecule has 0 saturated carbocycles. The predicted octanol–water partition coefficient (Wildman–Crippen LogP) is 3.57. The van der Waals surface area contributed by atoms with Crippen LogP contribution in [0.5, 0.6) is 0 Å². The number of sulfonamides is 1. The van der Waals surface area contributed by atoms with Gasteiger partial charge < -0.3 is 5.11 Å². The Balaban J connectivity index is 2.42. The molecule has 112 valence electrons. The van der Waals surface area contributed by atoms with Crippen molar-refractivity contribution < 1.29 is 18.3 Å². The molecule has 0 aliphatic rings. The third kappa shape index (κ3) is 3.45. The number of anilines is 1. The summed E-state index contributed by atoms with van der Waals surface area (Å²) in [5, 5.41) is 10.5. The van der Waals surface area contributed by atoms with Crippen LogP contribution in [0.3, 0.4) is 0 Å². The Bertz CT molecular complexity index is 783. The topological polar surface area (TPSA) is 83.5 Å². The highest BCUT2D eigenvalue weighted by Crippen LogP contribution is 2.27. The molecule has 2 N–H and O–H groups in total. The molecule has 0 aliphatic heterocycles. The van der Waals surface area contributed by atoms with Gasteiger partial charge in [-0.3, -0.25) is 4.72 Å². The first-order valence-corrected chi connectivity index (χ1v) is 9.12. The summed E-state index contributed by atoms with van der Waals surface area (Å²) in [6.07, 6.45) is 0.646. The molecule has 0 radical (unpaired) electrons. The van der Waals surface area contributed by atoms with Crippen molar-refractivity contribution in [3.63, 3.8) is 0 Å². The monoisotopic (exact) mass is 389 g/mol. The van der Waals surface area contributed by atoms with Crippen molar-refractivity contribution in [1.29, 1.82) is 0 Å². The minimum Gasteiger partial charge on any atom is -0.477 e. The van der Waals surface area contributed by atoms with Crippen molar-refractivity contribution in [3.05, 3.63) is 44.6 Å². The van der Waals surface area contributed by atoms with Crippen molar-refractivity contribution in [3.8, 4) is 0 Å². The second kappa shape index (κ2) is 6.17. The van der Waals surface area contributed by atoms with Crippen LogP contribution in [-0.4, -0.2) is 19.5 Å². The number of carboxylic acids is 1. The van der Waals surface area contributed by atoms with E-state index in [0.717, 1.165) is 21.4 Å². The second-order valence-electron chi connectivity index (χ2n) is 4.18. The maximum Gasteiger partial charge on any atom is 0.347 e. The molecule has 8 heteroatoms. The maximum atomic E-state index is 12.4. The summed E-state index contributed by atoms with van der Waals surface area (Å²) in [6, 6.07) is 6.49. The summed E-state index contributed by atoms with van der Waals surface area (Å²) in [7, 11) is -3.93. The van der Waals surface area contributed by atoms with E-state index in [4.69, 9.17) is 5.11 Å². The average Bonchev–Trinajstić information content (AvgIpc) is 2.91. The van der Waals surface area contributed by atoms with Gasteiger partial charge in [0.25, 0.3) is 10.0 Å². The van der Waals surface area contributed by atoms with Crippen LogP contribution in [0.2, 0.25) is 0 Å². The zero-order valence-corrected chi connectivity index (χ0v) is 14.2. The summed E-state index contributed by atoms with van der Waals surface area (Å²) < 4.78 is 28.0. The van der Waals surface area contributed by atoms with E-state index in [9.17, 15) is 13.2 Å². The Hall–Kier alpha value is -1.38. The van der Waals surface area contributed by atoms with E-state index in [2.05, 4.69) is 20.7 Å². The number of aryl methyl sites for hydroxylation is 1. The molecular weight excluding hydrogens is 378 g/mol. The second-order valence-corrected chi connectivity index (χ2v) is 7.66. The molecule has 0 atom stereocenters. The number of aromatic carboxylic acids is 1. The van der Waals surface area contributed by atoms with Crippen LogP contribution in [0.1, 0.15) is 22.2 Å². The number of hydrogen-bond donors (Lipinski definition) is 2. The molecular formula is C13H12BrNO4S2. The highest BCUT2D eigenvalue weighted by atomic mass is 79.9. The van der Waals surface area contributed by atoms with Crippen molar-refractivity contribution in [1.82, 2.24) is 0 Å². The fraction of sp³-hybridized carbons (Fsp3) is 0.154. The molecule has 1 aromatic carbocycles. The quantitative estimate of drug-likeness (QED) is 0.818. The number of thiophene rings is 1. The summed E-state index contributed by atoms with van der Waals surface area (Å²) >= 11 is 4.21. The van der Waals surface area contributed by atoms with Crippen LogP contribution in [0.15, 0.2) is 39.0 Å². The fourth-order valence-electron chi connectivity index (χ4n) is 1.82. The van der Waals surface area contributed by atoms with Crippen LogP contribution in [0, 0.1) is 0 Å². The zero-order chi connectivity index (χ0) is 15.6. The van der Waals surface area contributed by atoms with Gasteiger partial charge in [0.1, 0.15) is 9.77 Å². The first-order valence-electron chi connectivity index (χ1n) is 5.97. The van der Waals surface area contributed by atoms with Crippen LogP contribution >= 0.6 is 27.3 Å². The smallest absolute Gasteiger partial charge is 0.347 e. The highest BCUT2D eigenvalue weighted by Gasteiger charge is 2.24. The van der Waals surface area contributed by atoms with E-state index in [-0.39, 0.29) is 9.77 Å². The van der Waals surface area contributed by atoms with Gasteiger partial charge in [-0.05, 0) is 41.6 Å². The fourth-order valence-corrected chi connectivity index (χ4v) is 4.59. The Kier molecular flexibility index (Phi) is 4.70. The normalized spacial score (nSPS) is 11.3. The van der Waals surface area contributed by atoms with Gasteiger partial charge in [-0.15, -0.1) is 11.3 Å². The largest absolute Gasteiger partial charge is 0.477 e. The number of hydrogen-bond acceptors (Lipinski definition) is 4. The molecule has 0 amide bonds. The first kappa shape index (κ1) is 16.0. The lowest BCUT2D eigenvalue weighted by atomic mass is 10.1. The van der Waals surface area contributed by atoms with Crippen LogP contribution in [0.25, 0.3) is 0 Å². The molecule has 2 aromatic rings. The van der Waals surface area contributed by atoms with Gasteiger partial charge in [0.05, 0.1) is 5.69 Å². The van der Waals surface area contributed by atoms with Crippen molar-refractivity contribution >= 4 is 48.9 Å². The Morgan fingerprint density at radius 2 is 2.10 bits per heavy atom. The van der Waals surface area contributed by atoms with E-state index >= 15 is 0 Å². The standard InChI is InChI=1S/C13H12BrNO4S2/c1-2-8-7-9(14)3-4-10(8)15-21(18,19)11-5-6-20-12(11)13(16)17/h3-7,15H,2H2,1H3,(H,16,17). The molecule has 5 nitrogen and oxygen atoms in total. The van der Waals surface area contributed by atoms with Crippen LogP contribution < -0.4 is 4.72 Å². The Morgan fingerprint density at radius 1 is 1.38 bits per heavy atom. The minimum atomic E-state index is -3.93. The van der Waals surface area contributed by atoms with E-state index < -0.39 is 16.0 Å². The van der Waals surface area contributed by atoms with Crippen molar-refractivity contribution in [2.45, 2.75) is 18.2 Å². The molecule has 2 rings (SSSR count). The number of nitrogens with one attached hydrogen (secondary N) is 1. The summed E-state index contributed by atoms with van der Waals surface area (Å²) in [5.41, 5.74) is 1.27. The van der Waals surface area contributed by atoms with Gasteiger partial charge in [0, 0.05) is 4.47 Å². The van der Waals surface area contributed by atoms with Crippen molar-refractivity contribution in [2.75, 3.05) is 4.72 Å². The number of halogens is 1. The van der Waals surface area contributed by atoms with Gasteiger partial charge in [-0.25, -0.2) is 13.2 Å². The lowest BCUT2D eigenvalue weighted by Gasteiger charge is -2.12. The molecule has 0 spiro atoms. The summed E-state index contributed by atoms with van der Waals surface area (Å²) in [5.74, 6) is -1.25. The molecule has 1 aromatic heterocycles. The van der Waals surface area contributed by atoms with E-state index in [1.807, 2.05) is 13.0 Å². The number of carboxylic acid groups (broad SMARTS) is 1. The first-order chi connectivity index (χ1) is 9.85. The van der Waals surface area contributed by atoms with Gasteiger partial charge in [0.15, 0.2) is 0 Å². The predicted molar refractivity (Wildman–Crippen MR) is 85.6 cm³/mol. The molecule has 1 heterocycles. The number of carbonyl (C=O) groups is 1. The molecule has 21 heavy (non-hydrogen) atoms. The lowest BCUT2D eigenvalue weighted by Crippen LogP contribution is -2.16. The van der Waals surface area contributed by atoms with Crippen LogP contribution in [-0.2, 0) is 16.4 Å². The van der Waals surface area contributed by atoms with Gasteiger partial charge in [-0.2, -0.15) is 0 Å². The maximum absolute atomic E-state index is 12.4. The highest BCUT2D eigenvalue weighted by molar-refractivity contribution is 9.10. The summed E-state index contributed by atoms with van der Waals surface area (Å²) in [6.45, 7) is 1.91. The number of benzene rings is 1. The Labute approximate surface area is 134 Å². The van der Waals surface area contributed by atoms with E-state index in [1.54, 1.807) is 12.1 Å². The zero-order valence-electron chi connectivity index (χ0n) is 11.0. The summed E-state index contributed by atoms with van der Waals surface area (Å²) in [4.78, 5) is 10.6. The van der Waals surface area contributed by atoms with E-state index in [1.165, 1.54) is 11.4 Å². The minimum absolute atomic E-state index is 0.197. The number of rotatable bonds is 5. The average molecular weight is 390 g/mol. The van der Waals surface area contributed by atoms with Gasteiger partial charge >= 0.3 is 5.97 Å². The third-order valence-corrected chi connectivity index (χ3v) is 5.74. The van der Waals surface area contributed by atoms with Crippen molar-refractivity contribution in [2.24, 2.45) is 0 Å². The molecule has 0 aliphatic carbocycles.